The molecule has 2 aromatic heterocycles. The molecule has 4 aromatic rings. The van der Waals surface area contributed by atoms with Gasteiger partial charge in [-0.1, -0.05) is 24.2 Å². The number of halogens is 2. The number of benzene rings is 2. The standard InChI is InChI=1S/C24H21F2N3O4/c1-3-14-10-20(32-12-21-28-24(31)33-29-21)22(26)13(2)17(14)11-15-8-9-19(30)23(27-15)16-6-4-5-7-18(16)25/h4-10,30H,3,11-12H2,1-2H3,(H,28,29,31). The molecule has 33 heavy (non-hydrogen) atoms. The van der Waals surface area contributed by atoms with Crippen molar-refractivity contribution in [2.24, 2.45) is 0 Å². The molecule has 0 amide bonds. The normalized spacial score (nSPS) is 11.0. The molecule has 0 spiro atoms. The number of nitrogens with zero attached hydrogens (tertiary/aromatic N) is 2. The average Bonchev–Trinajstić information content (AvgIpc) is 3.23. The second kappa shape index (κ2) is 9.23. The molecule has 9 heteroatoms. The van der Waals surface area contributed by atoms with Crippen molar-refractivity contribution in [1.29, 1.82) is 0 Å². The summed E-state index contributed by atoms with van der Waals surface area (Å²) in [5, 5.41) is 13.7. The lowest BCUT2D eigenvalue weighted by molar-refractivity contribution is 0.271. The SMILES string of the molecule is CCc1cc(OCc2noc(=O)[nH]2)c(F)c(C)c1Cc1ccc(O)c(-c2ccccc2F)n1. The van der Waals surface area contributed by atoms with Gasteiger partial charge in [0.15, 0.2) is 17.4 Å². The molecule has 0 saturated heterocycles. The molecule has 2 heterocycles. The van der Waals surface area contributed by atoms with Crippen LogP contribution >= 0.6 is 0 Å². The van der Waals surface area contributed by atoms with Gasteiger partial charge in [-0.2, -0.15) is 0 Å². The number of pyridine rings is 1. The highest BCUT2D eigenvalue weighted by Crippen LogP contribution is 2.32. The molecule has 0 radical (unpaired) electrons. The lowest BCUT2D eigenvalue weighted by atomic mass is 9.94. The van der Waals surface area contributed by atoms with Gasteiger partial charge in [0.1, 0.15) is 23.9 Å². The number of nitrogens with one attached hydrogen (secondary N) is 1. The van der Waals surface area contributed by atoms with Gasteiger partial charge in [-0.05, 0) is 60.4 Å². The summed E-state index contributed by atoms with van der Waals surface area (Å²) < 4.78 is 39.3. The van der Waals surface area contributed by atoms with Crippen molar-refractivity contribution in [3.05, 3.63) is 92.9 Å². The van der Waals surface area contributed by atoms with Crippen molar-refractivity contribution in [1.82, 2.24) is 15.1 Å². The van der Waals surface area contributed by atoms with Gasteiger partial charge in [-0.25, -0.2) is 18.6 Å². The van der Waals surface area contributed by atoms with Crippen LogP contribution in [0, 0.1) is 18.6 Å². The van der Waals surface area contributed by atoms with Gasteiger partial charge in [0.05, 0.1) is 0 Å². The van der Waals surface area contributed by atoms with Crippen LogP contribution in [-0.2, 0) is 19.4 Å². The number of aromatic hydroxyl groups is 1. The van der Waals surface area contributed by atoms with Crippen molar-refractivity contribution < 1.29 is 23.1 Å². The summed E-state index contributed by atoms with van der Waals surface area (Å²) in [6.45, 7) is 3.42. The maximum atomic E-state index is 15.1. The van der Waals surface area contributed by atoms with E-state index in [-0.39, 0.29) is 41.6 Å². The summed E-state index contributed by atoms with van der Waals surface area (Å²) in [5.41, 5.74) is 2.83. The first-order valence-corrected chi connectivity index (χ1v) is 10.3. The maximum absolute atomic E-state index is 15.1. The Morgan fingerprint density at radius 1 is 1.18 bits per heavy atom. The second-order valence-electron chi connectivity index (χ2n) is 7.46. The first-order chi connectivity index (χ1) is 15.9. The smallest absolute Gasteiger partial charge is 0.439 e. The minimum Gasteiger partial charge on any atom is -0.506 e. The van der Waals surface area contributed by atoms with Crippen molar-refractivity contribution in [3.8, 4) is 22.8 Å². The van der Waals surface area contributed by atoms with Gasteiger partial charge in [0, 0.05) is 17.7 Å². The molecule has 0 bridgehead atoms. The largest absolute Gasteiger partial charge is 0.506 e. The Bertz CT molecular complexity index is 1360. The summed E-state index contributed by atoms with van der Waals surface area (Å²) in [4.78, 5) is 17.8. The molecular weight excluding hydrogens is 432 g/mol. The zero-order valence-corrected chi connectivity index (χ0v) is 18.0. The number of rotatable bonds is 7. The first kappa shape index (κ1) is 22.2. The van der Waals surface area contributed by atoms with Crippen LogP contribution in [0.4, 0.5) is 8.78 Å². The average molecular weight is 453 g/mol. The Balaban J connectivity index is 1.65. The van der Waals surface area contributed by atoms with Gasteiger partial charge in [0.25, 0.3) is 0 Å². The van der Waals surface area contributed by atoms with Crippen molar-refractivity contribution in [2.45, 2.75) is 33.3 Å². The zero-order valence-electron chi connectivity index (χ0n) is 18.0. The predicted molar refractivity (Wildman–Crippen MR) is 116 cm³/mol. The molecule has 2 N–H and O–H groups in total. The fraction of sp³-hybridized carbons (Fsp3) is 0.208. The lowest BCUT2D eigenvalue weighted by Crippen LogP contribution is -2.07. The summed E-state index contributed by atoms with van der Waals surface area (Å²) in [6, 6.07) is 10.7. The van der Waals surface area contributed by atoms with Gasteiger partial charge >= 0.3 is 5.76 Å². The molecular formula is C24H21F2N3O4. The minimum atomic E-state index is -0.717. The van der Waals surface area contributed by atoms with E-state index < -0.39 is 17.4 Å². The highest BCUT2D eigenvalue weighted by atomic mass is 19.1. The second-order valence-corrected chi connectivity index (χ2v) is 7.46. The summed E-state index contributed by atoms with van der Waals surface area (Å²) >= 11 is 0. The third-order valence-electron chi connectivity index (χ3n) is 5.34. The van der Waals surface area contributed by atoms with Gasteiger partial charge in [-0.3, -0.25) is 9.51 Å². The van der Waals surface area contributed by atoms with E-state index in [0.717, 1.165) is 11.1 Å². The number of hydrogen-bond donors (Lipinski definition) is 2. The van der Waals surface area contributed by atoms with Gasteiger partial charge < -0.3 is 9.84 Å². The summed E-state index contributed by atoms with van der Waals surface area (Å²) in [7, 11) is 0. The molecule has 170 valence electrons. The quantitative estimate of drug-likeness (QED) is 0.429. The molecule has 2 aromatic carbocycles. The minimum absolute atomic E-state index is 0.0302. The zero-order chi connectivity index (χ0) is 23.5. The van der Waals surface area contributed by atoms with Crippen LogP contribution in [0.25, 0.3) is 11.3 Å². The fourth-order valence-corrected chi connectivity index (χ4v) is 3.63. The van der Waals surface area contributed by atoms with Crippen LogP contribution in [0.3, 0.4) is 0 Å². The number of aryl methyl sites for hydroxylation is 1. The van der Waals surface area contributed by atoms with Crippen LogP contribution in [0.5, 0.6) is 11.5 Å². The van der Waals surface area contributed by atoms with Crippen LogP contribution < -0.4 is 10.5 Å². The predicted octanol–water partition coefficient (Wildman–Crippen LogP) is 4.45. The van der Waals surface area contributed by atoms with E-state index >= 15 is 4.39 Å². The molecule has 0 aliphatic heterocycles. The topological polar surface area (TPSA) is 101 Å². The van der Waals surface area contributed by atoms with Crippen molar-refractivity contribution in [3.63, 3.8) is 0 Å². The van der Waals surface area contributed by atoms with E-state index in [9.17, 15) is 14.3 Å². The lowest BCUT2D eigenvalue weighted by Gasteiger charge is -2.16. The Labute approximate surface area is 187 Å². The molecule has 7 nitrogen and oxygen atoms in total. The molecule has 0 saturated carbocycles. The van der Waals surface area contributed by atoms with E-state index in [4.69, 9.17) is 4.74 Å². The fourth-order valence-electron chi connectivity index (χ4n) is 3.63. The van der Waals surface area contributed by atoms with Crippen LogP contribution in [0.15, 0.2) is 51.8 Å². The molecule has 0 atom stereocenters. The third kappa shape index (κ3) is 4.62. The summed E-state index contributed by atoms with van der Waals surface area (Å²) in [5.74, 6) is -1.72. The van der Waals surface area contributed by atoms with E-state index in [2.05, 4.69) is 19.6 Å². The molecule has 4 rings (SSSR count). The monoisotopic (exact) mass is 453 g/mol. The molecule has 0 aliphatic rings. The summed E-state index contributed by atoms with van der Waals surface area (Å²) in [6.07, 6.45) is 0.885. The van der Waals surface area contributed by atoms with Crippen LogP contribution in [-0.4, -0.2) is 20.2 Å². The van der Waals surface area contributed by atoms with Crippen molar-refractivity contribution >= 4 is 0 Å². The van der Waals surface area contributed by atoms with Crippen LogP contribution in [0.1, 0.15) is 35.1 Å². The Morgan fingerprint density at radius 2 is 1.97 bits per heavy atom. The molecule has 0 fully saturated rings. The highest BCUT2D eigenvalue weighted by Gasteiger charge is 2.18. The van der Waals surface area contributed by atoms with E-state index in [1.807, 2.05) is 6.92 Å². The Morgan fingerprint density at radius 3 is 2.67 bits per heavy atom. The van der Waals surface area contributed by atoms with Crippen molar-refractivity contribution in [2.75, 3.05) is 0 Å². The third-order valence-corrected chi connectivity index (χ3v) is 5.34. The molecule has 0 unspecified atom stereocenters. The molecule has 0 aliphatic carbocycles. The van der Waals surface area contributed by atoms with E-state index in [1.165, 1.54) is 18.2 Å². The van der Waals surface area contributed by atoms with Gasteiger partial charge in [0.2, 0.25) is 0 Å². The Kier molecular flexibility index (Phi) is 6.21. The number of aromatic amines is 1. The Hall–Kier alpha value is -4.01. The number of ether oxygens (including phenoxy) is 1. The van der Waals surface area contributed by atoms with E-state index in [1.54, 1.807) is 31.2 Å². The van der Waals surface area contributed by atoms with E-state index in [0.29, 0.717) is 17.7 Å². The van der Waals surface area contributed by atoms with Crippen LogP contribution in [0.2, 0.25) is 0 Å². The first-order valence-electron chi connectivity index (χ1n) is 10.3. The number of aromatic nitrogens is 3. The number of H-pyrrole nitrogens is 1. The number of hydrogen-bond acceptors (Lipinski definition) is 6. The highest BCUT2D eigenvalue weighted by molar-refractivity contribution is 5.66. The van der Waals surface area contributed by atoms with Gasteiger partial charge in [-0.15, -0.1) is 0 Å². The maximum Gasteiger partial charge on any atom is 0.439 e.